The number of hydrogen-bond donors (Lipinski definition) is 3. The van der Waals surface area contributed by atoms with Crippen molar-refractivity contribution in [1.29, 1.82) is 0 Å². The molecular weight excluding hydrogens is 456 g/mol. The summed E-state index contributed by atoms with van der Waals surface area (Å²) in [5.41, 5.74) is 12.4. The fourth-order valence-corrected chi connectivity index (χ4v) is 5.58. The van der Waals surface area contributed by atoms with Crippen LogP contribution in [0.1, 0.15) is 4.88 Å². The van der Waals surface area contributed by atoms with Crippen molar-refractivity contribution < 1.29 is 0 Å². The van der Waals surface area contributed by atoms with Gasteiger partial charge in [-0.3, -0.25) is 10.1 Å². The summed E-state index contributed by atoms with van der Waals surface area (Å²) in [5.74, 6) is 0.837. The SMILES string of the molecule is Cc1ccc(-c2cccc3[nH]c(-c4n[nH]c5ncc(-c6cncc(N7CC(N)C7)n6)cc45)cc23)s1. The summed E-state index contributed by atoms with van der Waals surface area (Å²) in [6, 6.07) is 15.2. The van der Waals surface area contributed by atoms with Gasteiger partial charge in [-0.25, -0.2) is 9.97 Å². The molecule has 1 aromatic carbocycles. The van der Waals surface area contributed by atoms with Gasteiger partial charge in [-0.2, -0.15) is 5.10 Å². The van der Waals surface area contributed by atoms with E-state index in [0.29, 0.717) is 0 Å². The zero-order valence-electron chi connectivity index (χ0n) is 19.0. The minimum atomic E-state index is 0.202. The lowest BCUT2D eigenvalue weighted by Gasteiger charge is -2.37. The minimum absolute atomic E-state index is 0.202. The van der Waals surface area contributed by atoms with Gasteiger partial charge in [-0.1, -0.05) is 12.1 Å². The zero-order chi connectivity index (χ0) is 23.5. The molecule has 0 aliphatic carbocycles. The molecule has 6 aromatic rings. The van der Waals surface area contributed by atoms with Crippen molar-refractivity contribution in [2.45, 2.75) is 13.0 Å². The Morgan fingerprint density at radius 3 is 2.80 bits per heavy atom. The molecule has 172 valence electrons. The Balaban J connectivity index is 1.31. The van der Waals surface area contributed by atoms with Crippen LogP contribution in [0.5, 0.6) is 0 Å². The average molecular weight is 479 g/mol. The van der Waals surface area contributed by atoms with E-state index >= 15 is 0 Å². The predicted octanol–water partition coefficient (Wildman–Crippen LogP) is 4.75. The van der Waals surface area contributed by atoms with Crippen molar-refractivity contribution in [2.24, 2.45) is 5.73 Å². The Morgan fingerprint density at radius 1 is 1.06 bits per heavy atom. The number of pyridine rings is 1. The van der Waals surface area contributed by atoms with E-state index < -0.39 is 0 Å². The Hall–Kier alpha value is -4.08. The molecule has 1 aliphatic heterocycles. The lowest BCUT2D eigenvalue weighted by atomic mass is 10.1. The summed E-state index contributed by atoms with van der Waals surface area (Å²) in [6.45, 7) is 3.74. The van der Waals surface area contributed by atoms with Gasteiger partial charge in [0.2, 0.25) is 0 Å². The molecule has 0 amide bonds. The number of hydrogen-bond acceptors (Lipinski definition) is 7. The van der Waals surface area contributed by atoms with Crippen molar-refractivity contribution >= 4 is 39.1 Å². The highest BCUT2D eigenvalue weighted by Gasteiger charge is 2.25. The highest BCUT2D eigenvalue weighted by molar-refractivity contribution is 7.15. The maximum atomic E-state index is 5.94. The van der Waals surface area contributed by atoms with Gasteiger partial charge >= 0.3 is 0 Å². The Labute approximate surface area is 204 Å². The maximum absolute atomic E-state index is 5.94. The van der Waals surface area contributed by atoms with Crippen molar-refractivity contribution in [3.05, 3.63) is 65.9 Å². The molecule has 1 saturated heterocycles. The molecular formula is C26H22N8S. The van der Waals surface area contributed by atoms with Gasteiger partial charge in [0.25, 0.3) is 0 Å². The summed E-state index contributed by atoms with van der Waals surface area (Å²) >= 11 is 1.80. The van der Waals surface area contributed by atoms with Crippen LogP contribution in [0.2, 0.25) is 0 Å². The van der Waals surface area contributed by atoms with Crippen molar-refractivity contribution in [1.82, 2.24) is 30.1 Å². The molecule has 5 aromatic heterocycles. The molecule has 4 N–H and O–H groups in total. The third-order valence-electron chi connectivity index (χ3n) is 6.49. The molecule has 1 aliphatic rings. The van der Waals surface area contributed by atoms with E-state index in [1.807, 2.05) is 6.20 Å². The zero-order valence-corrected chi connectivity index (χ0v) is 19.8. The van der Waals surface area contributed by atoms with Crippen LogP contribution >= 0.6 is 11.3 Å². The smallest absolute Gasteiger partial charge is 0.155 e. The fourth-order valence-electron chi connectivity index (χ4n) is 4.67. The molecule has 6 heterocycles. The number of benzene rings is 1. The number of rotatable bonds is 4. The summed E-state index contributed by atoms with van der Waals surface area (Å²) in [5, 5.41) is 9.79. The normalized spacial score (nSPS) is 14.2. The van der Waals surface area contributed by atoms with E-state index in [0.717, 1.165) is 58.1 Å². The Bertz CT molecular complexity index is 1710. The number of fused-ring (bicyclic) bond motifs is 2. The third kappa shape index (κ3) is 3.39. The summed E-state index contributed by atoms with van der Waals surface area (Å²) in [4.78, 5) is 22.1. The largest absolute Gasteiger partial charge is 0.353 e. The first-order valence-electron chi connectivity index (χ1n) is 11.5. The van der Waals surface area contributed by atoms with Crippen LogP contribution in [0, 0.1) is 6.92 Å². The number of H-pyrrole nitrogens is 2. The molecule has 1 fully saturated rings. The van der Waals surface area contributed by atoms with Gasteiger partial charge < -0.3 is 15.6 Å². The average Bonchev–Trinajstić information content (AvgIpc) is 3.59. The quantitative estimate of drug-likeness (QED) is 0.337. The lowest BCUT2D eigenvalue weighted by molar-refractivity contribution is 0.514. The number of aromatic amines is 2. The second-order valence-electron chi connectivity index (χ2n) is 8.98. The Morgan fingerprint density at radius 2 is 1.97 bits per heavy atom. The van der Waals surface area contributed by atoms with Gasteiger partial charge in [0.1, 0.15) is 11.5 Å². The van der Waals surface area contributed by atoms with E-state index in [2.05, 4.69) is 79.4 Å². The standard InChI is InChI=1S/C26H22N8S/c1-14-5-6-23(35-14)17-3-2-4-20-18(17)8-21(30-20)25-19-7-15(9-29-26(19)33-32-25)22-10-28-11-24(31-22)34-12-16(27)13-34/h2-11,16,30H,12-13,27H2,1H3,(H,29,32,33). The summed E-state index contributed by atoms with van der Waals surface area (Å²) in [6.07, 6.45) is 5.36. The molecule has 0 radical (unpaired) electrons. The number of aryl methyl sites for hydroxylation is 1. The highest BCUT2D eigenvalue weighted by atomic mass is 32.1. The molecule has 9 heteroatoms. The second-order valence-corrected chi connectivity index (χ2v) is 10.3. The first-order valence-corrected chi connectivity index (χ1v) is 12.3. The molecule has 8 nitrogen and oxygen atoms in total. The van der Waals surface area contributed by atoms with E-state index in [4.69, 9.17) is 10.7 Å². The molecule has 7 rings (SSSR count). The number of nitrogens with zero attached hydrogens (tertiary/aromatic N) is 5. The summed E-state index contributed by atoms with van der Waals surface area (Å²) < 4.78 is 0. The maximum Gasteiger partial charge on any atom is 0.155 e. The van der Waals surface area contributed by atoms with Crippen LogP contribution in [-0.4, -0.2) is 49.3 Å². The number of anilines is 1. The highest BCUT2D eigenvalue weighted by Crippen LogP contribution is 2.37. The van der Waals surface area contributed by atoms with Gasteiger partial charge in [-0.05, 0) is 37.3 Å². The van der Waals surface area contributed by atoms with Crippen molar-refractivity contribution in [2.75, 3.05) is 18.0 Å². The van der Waals surface area contributed by atoms with E-state index in [9.17, 15) is 0 Å². The van der Waals surface area contributed by atoms with Crippen LogP contribution in [0.25, 0.3) is 55.0 Å². The number of aromatic nitrogens is 6. The molecule has 0 spiro atoms. The van der Waals surface area contributed by atoms with Crippen LogP contribution in [-0.2, 0) is 0 Å². The Kier molecular flexibility index (Phi) is 4.48. The third-order valence-corrected chi connectivity index (χ3v) is 7.53. The minimum Gasteiger partial charge on any atom is -0.353 e. The van der Waals surface area contributed by atoms with Crippen molar-refractivity contribution in [3.63, 3.8) is 0 Å². The van der Waals surface area contributed by atoms with Gasteiger partial charge in [-0.15, -0.1) is 11.3 Å². The second kappa shape index (κ2) is 7.72. The van der Waals surface area contributed by atoms with Crippen molar-refractivity contribution in [3.8, 4) is 33.1 Å². The molecule has 35 heavy (non-hydrogen) atoms. The van der Waals surface area contributed by atoms with Crippen LogP contribution in [0.4, 0.5) is 5.82 Å². The van der Waals surface area contributed by atoms with Crippen LogP contribution < -0.4 is 10.6 Å². The lowest BCUT2D eigenvalue weighted by Crippen LogP contribution is -2.56. The van der Waals surface area contributed by atoms with Gasteiger partial charge in [0, 0.05) is 62.5 Å². The van der Waals surface area contributed by atoms with Crippen LogP contribution in [0.15, 0.2) is 61.1 Å². The molecule has 0 bridgehead atoms. The number of thiophene rings is 1. The van der Waals surface area contributed by atoms with E-state index in [-0.39, 0.29) is 6.04 Å². The number of nitrogens with one attached hydrogen (secondary N) is 2. The summed E-state index contributed by atoms with van der Waals surface area (Å²) in [7, 11) is 0. The van der Waals surface area contributed by atoms with E-state index in [1.165, 1.54) is 20.7 Å². The molecule has 0 unspecified atom stereocenters. The van der Waals surface area contributed by atoms with Crippen LogP contribution in [0.3, 0.4) is 0 Å². The topological polar surface area (TPSA) is 112 Å². The first-order chi connectivity index (χ1) is 17.1. The van der Waals surface area contributed by atoms with Gasteiger partial charge in [0.05, 0.1) is 23.8 Å². The predicted molar refractivity (Wildman–Crippen MR) is 140 cm³/mol. The fraction of sp³-hybridized carbons (Fsp3) is 0.154. The number of nitrogens with two attached hydrogens (primary N) is 1. The van der Waals surface area contributed by atoms with Gasteiger partial charge in [0.15, 0.2) is 5.65 Å². The molecule has 0 saturated carbocycles. The molecule has 0 atom stereocenters. The monoisotopic (exact) mass is 478 g/mol. The first kappa shape index (κ1) is 20.3. The van der Waals surface area contributed by atoms with E-state index in [1.54, 1.807) is 23.7 Å².